The third-order valence-electron chi connectivity index (χ3n) is 7.04. The van der Waals surface area contributed by atoms with Gasteiger partial charge in [0.05, 0.1) is 106 Å². The highest BCUT2D eigenvalue weighted by Gasteiger charge is 2.14. The molecule has 290 valence electrons. The van der Waals surface area contributed by atoms with Crippen LogP contribution in [0.2, 0.25) is 0 Å². The quantitative estimate of drug-likeness (QED) is 0.0932. The summed E-state index contributed by atoms with van der Waals surface area (Å²) in [5.74, 6) is 0. The van der Waals surface area contributed by atoms with Gasteiger partial charge in [-0.15, -0.1) is 0 Å². The highest BCUT2D eigenvalue weighted by molar-refractivity contribution is 4.65. The second-order valence-corrected chi connectivity index (χ2v) is 11.8. The molecule has 0 atom stereocenters. The average molecular weight is 701 g/mol. The van der Waals surface area contributed by atoms with Crippen molar-refractivity contribution in [1.29, 1.82) is 0 Å². The molecule has 0 rings (SSSR count). The summed E-state index contributed by atoms with van der Waals surface area (Å²) in [5, 5.41) is 8.67. The van der Waals surface area contributed by atoms with Crippen LogP contribution in [0.1, 0.15) is 59.3 Å². The molecule has 0 unspecified atom stereocenters. The monoisotopic (exact) mass is 700 g/mol. The largest absolute Gasteiger partial charge is 0.396 e. The normalized spacial score (nSPS) is 12.0. The fraction of sp³-hybridized carbons (Fsp3) is 1.00. The maximum atomic E-state index is 8.67. The van der Waals surface area contributed by atoms with Gasteiger partial charge in [-0.25, -0.2) is 0 Å². The molecule has 0 aliphatic rings. The Hall–Kier alpha value is -0.520. The smallest absolute Gasteiger partial charge is 0.0701 e. The van der Waals surface area contributed by atoms with E-state index in [-0.39, 0.29) is 6.61 Å². The van der Waals surface area contributed by atoms with E-state index in [1.54, 1.807) is 0 Å². The predicted molar refractivity (Wildman–Crippen MR) is 184 cm³/mol. The van der Waals surface area contributed by atoms with Gasteiger partial charge in [0.2, 0.25) is 0 Å². The molecule has 48 heavy (non-hydrogen) atoms. The minimum absolute atomic E-state index is 0.174. The summed E-state index contributed by atoms with van der Waals surface area (Å²) < 4.78 is 66.2. The van der Waals surface area contributed by atoms with Crippen LogP contribution >= 0.6 is 0 Å². The molecule has 13 nitrogen and oxygen atoms in total. The lowest BCUT2D eigenvalue weighted by atomic mass is 9.87. The van der Waals surface area contributed by atoms with Gasteiger partial charge in [-0.1, -0.05) is 27.2 Å². The van der Waals surface area contributed by atoms with Gasteiger partial charge in [0, 0.05) is 59.5 Å². The van der Waals surface area contributed by atoms with E-state index >= 15 is 0 Å². The Morgan fingerprint density at radius 1 is 0.312 bits per heavy atom. The van der Waals surface area contributed by atoms with E-state index in [4.69, 9.17) is 61.9 Å². The van der Waals surface area contributed by atoms with Crippen molar-refractivity contribution < 1.29 is 61.9 Å². The zero-order chi connectivity index (χ0) is 34.9. The summed E-state index contributed by atoms with van der Waals surface area (Å²) in [7, 11) is 0. The number of aliphatic hydroxyl groups is 1. The Kier molecular flexibility index (Phi) is 40.5. The zero-order valence-corrected chi connectivity index (χ0v) is 30.8. The molecule has 0 aliphatic heterocycles. The van der Waals surface area contributed by atoms with E-state index < -0.39 is 0 Å². The lowest BCUT2D eigenvalue weighted by molar-refractivity contribution is -0.0256. The molecular weight excluding hydrogens is 628 g/mol. The van der Waals surface area contributed by atoms with Crippen LogP contribution in [0.15, 0.2) is 0 Å². The highest BCUT2D eigenvalue weighted by atomic mass is 16.6. The molecule has 1 N–H and O–H groups in total. The van der Waals surface area contributed by atoms with E-state index in [9.17, 15) is 0 Å². The number of aliphatic hydroxyl groups excluding tert-OH is 1. The molecule has 0 fully saturated rings. The van der Waals surface area contributed by atoms with Crippen molar-refractivity contribution >= 4 is 0 Å². The van der Waals surface area contributed by atoms with Crippen LogP contribution in [0.4, 0.5) is 0 Å². The Labute approximate surface area is 291 Å². The summed E-state index contributed by atoms with van der Waals surface area (Å²) in [4.78, 5) is 0. The van der Waals surface area contributed by atoms with Crippen LogP contribution in [0, 0.1) is 5.41 Å². The third kappa shape index (κ3) is 41.7. The third-order valence-corrected chi connectivity index (χ3v) is 7.04. The fourth-order valence-electron chi connectivity index (χ4n) is 3.65. The van der Waals surface area contributed by atoms with Crippen LogP contribution in [0.25, 0.3) is 0 Å². The molecular formula is C35H72O13. The highest BCUT2D eigenvalue weighted by Crippen LogP contribution is 2.23. The second-order valence-electron chi connectivity index (χ2n) is 11.8. The molecule has 0 saturated heterocycles. The van der Waals surface area contributed by atoms with E-state index in [1.165, 1.54) is 0 Å². The molecule has 0 aliphatic carbocycles. The van der Waals surface area contributed by atoms with Crippen molar-refractivity contribution in [1.82, 2.24) is 0 Å². The summed E-state index contributed by atoms with van der Waals surface area (Å²) in [5.41, 5.74) is 0.346. The molecule has 0 amide bonds. The number of hydrogen-bond donors (Lipinski definition) is 1. The Bertz CT molecular complexity index is 587. The summed E-state index contributed by atoms with van der Waals surface area (Å²) in [6.45, 7) is 21.1. The van der Waals surface area contributed by atoms with Crippen LogP contribution in [0.5, 0.6) is 0 Å². The van der Waals surface area contributed by atoms with Gasteiger partial charge in [-0.2, -0.15) is 0 Å². The molecule has 13 heteroatoms. The van der Waals surface area contributed by atoms with Crippen LogP contribution < -0.4 is 0 Å². The first-order valence-corrected chi connectivity index (χ1v) is 18.2. The first kappa shape index (κ1) is 47.5. The van der Waals surface area contributed by atoms with Crippen molar-refractivity contribution in [3.05, 3.63) is 0 Å². The molecule has 0 spiro atoms. The molecule has 0 heterocycles. The lowest BCUT2D eigenvalue weighted by Gasteiger charge is -2.22. The van der Waals surface area contributed by atoms with Gasteiger partial charge in [0.15, 0.2) is 0 Å². The van der Waals surface area contributed by atoms with Crippen molar-refractivity contribution in [2.24, 2.45) is 5.41 Å². The Balaban J connectivity index is 3.07. The minimum Gasteiger partial charge on any atom is -0.396 e. The number of ether oxygens (including phenoxy) is 12. The van der Waals surface area contributed by atoms with Gasteiger partial charge in [-0.3, -0.25) is 0 Å². The van der Waals surface area contributed by atoms with E-state index in [0.717, 1.165) is 38.7 Å². The van der Waals surface area contributed by atoms with Gasteiger partial charge in [-0.05, 0) is 37.5 Å². The van der Waals surface area contributed by atoms with Gasteiger partial charge in [0.1, 0.15) is 0 Å². The maximum Gasteiger partial charge on any atom is 0.0701 e. The van der Waals surface area contributed by atoms with Crippen LogP contribution in [0.3, 0.4) is 0 Å². The Morgan fingerprint density at radius 2 is 0.521 bits per heavy atom. The van der Waals surface area contributed by atoms with Crippen molar-refractivity contribution in [2.75, 3.05) is 165 Å². The fourth-order valence-corrected chi connectivity index (χ4v) is 3.65. The summed E-state index contributed by atoms with van der Waals surface area (Å²) in [6, 6.07) is 0. The van der Waals surface area contributed by atoms with E-state index in [1.807, 2.05) is 0 Å². The van der Waals surface area contributed by atoms with E-state index in [0.29, 0.717) is 164 Å². The Morgan fingerprint density at radius 3 is 0.771 bits per heavy atom. The number of hydrogen-bond acceptors (Lipinski definition) is 13. The number of rotatable bonds is 43. The first-order valence-electron chi connectivity index (χ1n) is 18.2. The molecule has 0 saturated carbocycles. The van der Waals surface area contributed by atoms with Crippen molar-refractivity contribution in [3.63, 3.8) is 0 Å². The molecule has 0 bridgehead atoms. The first-order chi connectivity index (χ1) is 23.6. The van der Waals surface area contributed by atoms with Crippen molar-refractivity contribution in [3.8, 4) is 0 Å². The standard InChI is InChI=1S/C35H72O13/c1-4-35(2,3)9-18-41-20-22-43-24-26-45-28-30-47-32-34-48-33-31-46-29-27-44-25-23-42-21-19-40-17-8-16-39-15-7-14-38-13-6-12-37-11-5-10-36/h36H,4-34H2,1-3H3. The molecule has 0 aromatic rings. The van der Waals surface area contributed by atoms with Gasteiger partial charge >= 0.3 is 0 Å². The van der Waals surface area contributed by atoms with Gasteiger partial charge < -0.3 is 61.9 Å². The van der Waals surface area contributed by atoms with Crippen LogP contribution in [-0.2, 0) is 56.8 Å². The van der Waals surface area contributed by atoms with Crippen molar-refractivity contribution in [2.45, 2.75) is 59.3 Å². The zero-order valence-electron chi connectivity index (χ0n) is 30.8. The topological polar surface area (TPSA) is 131 Å². The maximum absolute atomic E-state index is 8.67. The van der Waals surface area contributed by atoms with Crippen LogP contribution in [-0.4, -0.2) is 170 Å². The molecule has 0 aromatic carbocycles. The summed E-state index contributed by atoms with van der Waals surface area (Å²) >= 11 is 0. The lowest BCUT2D eigenvalue weighted by Crippen LogP contribution is -2.16. The molecule has 0 radical (unpaired) electrons. The second kappa shape index (κ2) is 40.9. The van der Waals surface area contributed by atoms with Gasteiger partial charge in [0.25, 0.3) is 0 Å². The minimum atomic E-state index is 0.174. The molecule has 0 aromatic heterocycles. The SMILES string of the molecule is CCC(C)(C)CCOCCOCCOCCOCCOCCOCCOCCOCCOCCCOCCCOCCCOCCCO. The average Bonchev–Trinajstić information content (AvgIpc) is 3.09. The predicted octanol–water partition coefficient (Wildman–Crippen LogP) is 3.56. The summed E-state index contributed by atoms with van der Waals surface area (Å²) in [6.07, 6.45) is 5.52. The van der Waals surface area contributed by atoms with E-state index in [2.05, 4.69) is 20.8 Å².